The Morgan fingerprint density at radius 2 is 2.08 bits per heavy atom. The highest BCUT2D eigenvalue weighted by atomic mass is 19.1. The summed E-state index contributed by atoms with van der Waals surface area (Å²) in [4.78, 5) is 12.4. The zero-order valence-electron chi connectivity index (χ0n) is 8.25. The number of hydrogen-bond acceptors (Lipinski definition) is 2. The third-order valence-corrected chi connectivity index (χ3v) is 2.11. The summed E-state index contributed by atoms with van der Waals surface area (Å²) in [5.41, 5.74) is -0.916. The fourth-order valence-corrected chi connectivity index (χ4v) is 0.687. The van der Waals surface area contributed by atoms with Gasteiger partial charge in [0.05, 0.1) is 0 Å². The molecule has 0 saturated heterocycles. The van der Waals surface area contributed by atoms with Gasteiger partial charge in [0.15, 0.2) is 0 Å². The van der Waals surface area contributed by atoms with Gasteiger partial charge in [0.2, 0.25) is 0 Å². The number of nitrogens with zero attached hydrogens (tertiary/aromatic N) is 1. The minimum Gasteiger partial charge on any atom is -0.480 e. The largest absolute Gasteiger partial charge is 0.480 e. The molecule has 0 unspecified atom stereocenters. The zero-order valence-corrected chi connectivity index (χ0v) is 8.25. The second-order valence-corrected chi connectivity index (χ2v) is 3.37. The molecule has 0 aromatic carbocycles. The predicted molar refractivity (Wildman–Crippen MR) is 49.5 cm³/mol. The van der Waals surface area contributed by atoms with Gasteiger partial charge in [-0.25, -0.2) is 4.39 Å². The third kappa shape index (κ3) is 3.55. The van der Waals surface area contributed by atoms with Gasteiger partial charge in [-0.2, -0.15) is 0 Å². The summed E-state index contributed by atoms with van der Waals surface area (Å²) in [5, 5.41) is 8.83. The molecule has 3 nitrogen and oxygen atoms in total. The molecule has 4 heteroatoms. The molecule has 0 heterocycles. The number of likely N-dealkylation sites (N-methyl/N-ethyl adjacent to an activating group) is 1. The molecule has 0 bridgehead atoms. The molecule has 0 aliphatic heterocycles. The van der Waals surface area contributed by atoms with Crippen molar-refractivity contribution in [3.05, 3.63) is 12.2 Å². The van der Waals surface area contributed by atoms with E-state index in [-0.39, 0.29) is 0 Å². The van der Waals surface area contributed by atoms with E-state index in [4.69, 9.17) is 5.11 Å². The first kappa shape index (κ1) is 12.1. The lowest BCUT2D eigenvalue weighted by molar-refractivity contribution is -0.148. The summed E-state index contributed by atoms with van der Waals surface area (Å²) in [6.07, 6.45) is 2.99. The number of carboxylic acid groups (broad SMARTS) is 1. The molecular weight excluding hydrogens is 173 g/mol. The van der Waals surface area contributed by atoms with Crippen molar-refractivity contribution in [1.82, 2.24) is 4.90 Å². The Hall–Kier alpha value is -0.900. The van der Waals surface area contributed by atoms with E-state index >= 15 is 0 Å². The lowest BCUT2D eigenvalue weighted by Crippen LogP contribution is -2.47. The van der Waals surface area contributed by atoms with Crippen molar-refractivity contribution in [3.8, 4) is 0 Å². The molecule has 0 aromatic heterocycles. The Labute approximate surface area is 77.9 Å². The van der Waals surface area contributed by atoms with E-state index in [1.807, 2.05) is 0 Å². The van der Waals surface area contributed by atoms with Gasteiger partial charge in [0.1, 0.15) is 12.2 Å². The van der Waals surface area contributed by atoms with E-state index in [1.54, 1.807) is 31.9 Å². The minimum absolute atomic E-state index is 0.434. The second-order valence-electron chi connectivity index (χ2n) is 3.37. The van der Waals surface area contributed by atoms with Crippen LogP contribution in [0.4, 0.5) is 4.39 Å². The molecule has 0 aliphatic rings. The first-order valence-electron chi connectivity index (χ1n) is 4.08. The van der Waals surface area contributed by atoms with Crippen LogP contribution in [0.2, 0.25) is 0 Å². The summed E-state index contributed by atoms with van der Waals surface area (Å²) in [6.45, 7) is 3.14. The molecule has 1 N–H and O–H groups in total. The Morgan fingerprint density at radius 3 is 2.46 bits per heavy atom. The highest BCUT2D eigenvalue weighted by Gasteiger charge is 2.30. The molecular formula is C9H16FNO2. The van der Waals surface area contributed by atoms with Gasteiger partial charge in [0, 0.05) is 6.54 Å². The molecule has 0 spiro atoms. The lowest BCUT2D eigenvalue weighted by Gasteiger charge is -2.30. The lowest BCUT2D eigenvalue weighted by atomic mass is 10.0. The van der Waals surface area contributed by atoms with Gasteiger partial charge in [-0.05, 0) is 20.9 Å². The Balaban J connectivity index is 4.17. The number of alkyl halides is 1. The van der Waals surface area contributed by atoms with Crippen LogP contribution >= 0.6 is 0 Å². The molecule has 0 radical (unpaired) electrons. The standard InChI is InChI=1S/C9H16FNO2/c1-9(2,8(12)13)11(3)7-5-4-6-10/h4-5H,6-7H2,1-3H3,(H,12,13)/b5-4+. The van der Waals surface area contributed by atoms with Gasteiger partial charge >= 0.3 is 5.97 Å². The van der Waals surface area contributed by atoms with Gasteiger partial charge in [-0.1, -0.05) is 12.2 Å². The second kappa shape index (κ2) is 4.97. The SMILES string of the molecule is CN(C/C=C/CF)C(C)(C)C(=O)O. The monoisotopic (exact) mass is 189 g/mol. The van der Waals surface area contributed by atoms with Crippen molar-refractivity contribution >= 4 is 5.97 Å². The Bertz CT molecular complexity index is 202. The van der Waals surface area contributed by atoms with E-state index in [1.165, 1.54) is 6.08 Å². The number of carbonyl (C=O) groups is 1. The summed E-state index contributed by atoms with van der Waals surface area (Å²) in [6, 6.07) is 0. The number of rotatable bonds is 5. The maximum absolute atomic E-state index is 11.7. The maximum Gasteiger partial charge on any atom is 0.323 e. The van der Waals surface area contributed by atoms with Crippen LogP contribution in [0.25, 0.3) is 0 Å². The van der Waals surface area contributed by atoms with E-state index in [9.17, 15) is 9.18 Å². The highest BCUT2D eigenvalue weighted by molar-refractivity contribution is 5.77. The first-order valence-corrected chi connectivity index (χ1v) is 4.08. The summed E-state index contributed by atoms with van der Waals surface area (Å²) in [7, 11) is 1.69. The molecule has 0 aliphatic carbocycles. The zero-order chi connectivity index (χ0) is 10.5. The van der Waals surface area contributed by atoms with Gasteiger partial charge < -0.3 is 5.11 Å². The number of allylic oxidation sites excluding steroid dienone is 1. The van der Waals surface area contributed by atoms with Gasteiger partial charge in [-0.3, -0.25) is 9.69 Å². The van der Waals surface area contributed by atoms with Crippen LogP contribution in [-0.2, 0) is 4.79 Å². The minimum atomic E-state index is -0.916. The number of carboxylic acids is 1. The van der Waals surface area contributed by atoms with Crippen LogP contribution in [-0.4, -0.2) is 41.8 Å². The van der Waals surface area contributed by atoms with Crippen LogP contribution < -0.4 is 0 Å². The summed E-state index contributed by atoms with van der Waals surface area (Å²) in [5.74, 6) is -0.886. The van der Waals surface area contributed by atoms with Crippen molar-refractivity contribution in [1.29, 1.82) is 0 Å². The van der Waals surface area contributed by atoms with Crippen LogP contribution in [0.1, 0.15) is 13.8 Å². The molecule has 76 valence electrons. The third-order valence-electron chi connectivity index (χ3n) is 2.11. The van der Waals surface area contributed by atoms with E-state index < -0.39 is 18.2 Å². The van der Waals surface area contributed by atoms with E-state index in [0.717, 1.165) is 0 Å². The molecule has 0 atom stereocenters. The predicted octanol–water partition coefficient (Wildman–Crippen LogP) is 1.31. The smallest absolute Gasteiger partial charge is 0.323 e. The number of aliphatic carboxylic acids is 1. The molecule has 0 rings (SSSR count). The Morgan fingerprint density at radius 1 is 1.54 bits per heavy atom. The maximum atomic E-state index is 11.7. The molecule has 0 fully saturated rings. The molecule has 0 amide bonds. The highest BCUT2D eigenvalue weighted by Crippen LogP contribution is 2.11. The van der Waals surface area contributed by atoms with Crippen LogP contribution in [0.15, 0.2) is 12.2 Å². The molecule has 13 heavy (non-hydrogen) atoms. The average molecular weight is 189 g/mol. The van der Waals surface area contributed by atoms with Gasteiger partial charge in [-0.15, -0.1) is 0 Å². The Kier molecular flexibility index (Phi) is 4.62. The van der Waals surface area contributed by atoms with Crippen molar-refractivity contribution in [3.63, 3.8) is 0 Å². The van der Waals surface area contributed by atoms with Crippen molar-refractivity contribution in [2.75, 3.05) is 20.3 Å². The molecule has 0 saturated carbocycles. The van der Waals surface area contributed by atoms with Crippen molar-refractivity contribution in [2.45, 2.75) is 19.4 Å². The van der Waals surface area contributed by atoms with Crippen LogP contribution in [0, 0.1) is 0 Å². The number of halogens is 1. The van der Waals surface area contributed by atoms with E-state index in [0.29, 0.717) is 6.54 Å². The van der Waals surface area contributed by atoms with Gasteiger partial charge in [0.25, 0.3) is 0 Å². The van der Waals surface area contributed by atoms with Crippen molar-refractivity contribution < 1.29 is 14.3 Å². The van der Waals surface area contributed by atoms with Crippen LogP contribution in [0.3, 0.4) is 0 Å². The first-order chi connectivity index (χ1) is 5.92. The topological polar surface area (TPSA) is 40.5 Å². The fraction of sp³-hybridized carbons (Fsp3) is 0.667. The quantitative estimate of drug-likeness (QED) is 0.663. The molecule has 0 aromatic rings. The van der Waals surface area contributed by atoms with E-state index in [2.05, 4.69) is 0 Å². The fourth-order valence-electron chi connectivity index (χ4n) is 0.687. The van der Waals surface area contributed by atoms with Crippen LogP contribution in [0.5, 0.6) is 0 Å². The normalized spacial score (nSPS) is 12.7. The van der Waals surface area contributed by atoms with Crippen molar-refractivity contribution in [2.24, 2.45) is 0 Å². The summed E-state index contributed by atoms with van der Waals surface area (Å²) >= 11 is 0. The summed E-state index contributed by atoms with van der Waals surface area (Å²) < 4.78 is 11.7. The number of hydrogen-bond donors (Lipinski definition) is 1. The average Bonchev–Trinajstić information content (AvgIpc) is 2.04.